The molecule has 1 aromatic rings. The number of carbonyl (C=O) groups excluding carboxylic acids is 2. The minimum absolute atomic E-state index is 0.0173. The highest BCUT2D eigenvalue weighted by Crippen LogP contribution is 2.22. The molecule has 0 unspecified atom stereocenters. The van der Waals surface area contributed by atoms with Crippen molar-refractivity contribution in [2.75, 3.05) is 26.7 Å². The van der Waals surface area contributed by atoms with Gasteiger partial charge in [0, 0.05) is 13.1 Å². The number of amides is 1. The van der Waals surface area contributed by atoms with E-state index in [-0.39, 0.29) is 12.1 Å². The molecule has 1 aromatic carbocycles. The van der Waals surface area contributed by atoms with Gasteiger partial charge in [0.1, 0.15) is 5.82 Å². The summed E-state index contributed by atoms with van der Waals surface area (Å²) in [6, 6.07) is 2.74. The highest BCUT2D eigenvalue weighted by molar-refractivity contribution is 7.89. The summed E-state index contributed by atoms with van der Waals surface area (Å²) in [5, 5.41) is 2.48. The summed E-state index contributed by atoms with van der Waals surface area (Å²) >= 11 is 0. The van der Waals surface area contributed by atoms with E-state index in [9.17, 15) is 22.4 Å². The second-order valence-electron chi connectivity index (χ2n) is 4.52. The molecule has 0 aliphatic heterocycles. The summed E-state index contributed by atoms with van der Waals surface area (Å²) in [5.74, 6) is -2.21. The maximum Gasteiger partial charge on any atom is 0.339 e. The zero-order valence-corrected chi connectivity index (χ0v) is 13.9. The zero-order valence-electron chi connectivity index (χ0n) is 13.1. The monoisotopic (exact) mass is 346 g/mol. The number of nitrogens with zero attached hydrogens (tertiary/aromatic N) is 1. The SMILES string of the molecule is CCNC(=O)CN(CC)S(=O)(=O)c1cc(F)ccc1C(=O)OC. The van der Waals surface area contributed by atoms with E-state index in [1.807, 2.05) is 0 Å². The Balaban J connectivity index is 3.32. The van der Waals surface area contributed by atoms with E-state index in [1.165, 1.54) is 6.92 Å². The lowest BCUT2D eigenvalue weighted by atomic mass is 10.2. The molecule has 7 nitrogen and oxygen atoms in total. The Morgan fingerprint density at radius 2 is 1.96 bits per heavy atom. The Hall–Kier alpha value is -2.00. The molecule has 0 saturated heterocycles. The summed E-state index contributed by atoms with van der Waals surface area (Å²) in [6.07, 6.45) is 0. The van der Waals surface area contributed by atoms with Gasteiger partial charge in [-0.3, -0.25) is 4.79 Å². The average molecular weight is 346 g/mol. The van der Waals surface area contributed by atoms with E-state index in [2.05, 4.69) is 10.1 Å². The van der Waals surface area contributed by atoms with Crippen LogP contribution in [0.2, 0.25) is 0 Å². The molecule has 1 amide bonds. The van der Waals surface area contributed by atoms with Gasteiger partial charge in [0.05, 0.1) is 24.1 Å². The van der Waals surface area contributed by atoms with Crippen LogP contribution in [0.1, 0.15) is 24.2 Å². The van der Waals surface area contributed by atoms with Crippen molar-refractivity contribution in [3.8, 4) is 0 Å². The smallest absolute Gasteiger partial charge is 0.339 e. The van der Waals surface area contributed by atoms with Crippen LogP contribution >= 0.6 is 0 Å². The van der Waals surface area contributed by atoms with Gasteiger partial charge >= 0.3 is 5.97 Å². The Morgan fingerprint density at radius 3 is 2.48 bits per heavy atom. The van der Waals surface area contributed by atoms with Crippen LogP contribution in [0.5, 0.6) is 0 Å². The average Bonchev–Trinajstić information content (AvgIpc) is 2.51. The van der Waals surface area contributed by atoms with Gasteiger partial charge in [-0.05, 0) is 25.1 Å². The second kappa shape index (κ2) is 8.02. The summed E-state index contributed by atoms with van der Waals surface area (Å²) in [5.41, 5.74) is -0.289. The third kappa shape index (κ3) is 4.49. The molecule has 1 N–H and O–H groups in total. The molecule has 1 rings (SSSR count). The molecule has 0 aliphatic carbocycles. The number of sulfonamides is 1. The number of halogens is 1. The number of rotatable bonds is 7. The number of benzene rings is 1. The van der Waals surface area contributed by atoms with Crippen molar-refractivity contribution < 1.29 is 27.1 Å². The van der Waals surface area contributed by atoms with Crippen molar-refractivity contribution in [1.29, 1.82) is 0 Å². The first kappa shape index (κ1) is 19.0. The van der Waals surface area contributed by atoms with Crippen LogP contribution in [-0.4, -0.2) is 51.3 Å². The summed E-state index contributed by atoms with van der Waals surface area (Å²) in [4.78, 5) is 22.8. The molecule has 0 atom stereocenters. The Bertz CT molecular complexity index is 690. The fraction of sp³-hybridized carbons (Fsp3) is 0.429. The fourth-order valence-corrected chi connectivity index (χ4v) is 3.50. The molecule has 0 aromatic heterocycles. The van der Waals surface area contributed by atoms with E-state index in [4.69, 9.17) is 0 Å². The number of ether oxygens (including phenoxy) is 1. The van der Waals surface area contributed by atoms with E-state index >= 15 is 0 Å². The Labute approximate surface area is 134 Å². The molecule has 0 bridgehead atoms. The lowest BCUT2D eigenvalue weighted by Gasteiger charge is -2.21. The maximum absolute atomic E-state index is 13.5. The largest absolute Gasteiger partial charge is 0.465 e. The predicted molar refractivity (Wildman–Crippen MR) is 80.9 cm³/mol. The number of nitrogens with one attached hydrogen (secondary N) is 1. The van der Waals surface area contributed by atoms with Gasteiger partial charge in [-0.1, -0.05) is 6.92 Å². The summed E-state index contributed by atoms with van der Waals surface area (Å²) in [7, 11) is -3.15. The number of carbonyl (C=O) groups is 2. The molecule has 128 valence electrons. The lowest BCUT2D eigenvalue weighted by Crippen LogP contribution is -2.41. The second-order valence-corrected chi connectivity index (χ2v) is 6.42. The molecule has 9 heteroatoms. The summed E-state index contributed by atoms with van der Waals surface area (Å²) < 4.78 is 44.2. The van der Waals surface area contributed by atoms with Crippen LogP contribution in [0, 0.1) is 5.82 Å². The van der Waals surface area contributed by atoms with Crippen LogP contribution in [-0.2, 0) is 19.6 Å². The van der Waals surface area contributed by atoms with Crippen LogP contribution in [0.25, 0.3) is 0 Å². The van der Waals surface area contributed by atoms with Gasteiger partial charge in [-0.25, -0.2) is 17.6 Å². The van der Waals surface area contributed by atoms with Gasteiger partial charge in [0.2, 0.25) is 15.9 Å². The van der Waals surface area contributed by atoms with Crippen molar-refractivity contribution in [3.05, 3.63) is 29.6 Å². The molecule has 0 radical (unpaired) electrons. The van der Waals surface area contributed by atoms with Gasteiger partial charge in [0.25, 0.3) is 0 Å². The highest BCUT2D eigenvalue weighted by atomic mass is 32.2. The maximum atomic E-state index is 13.5. The zero-order chi connectivity index (χ0) is 17.6. The topological polar surface area (TPSA) is 92.8 Å². The Morgan fingerprint density at radius 1 is 1.30 bits per heavy atom. The third-order valence-electron chi connectivity index (χ3n) is 3.01. The highest BCUT2D eigenvalue weighted by Gasteiger charge is 2.30. The van der Waals surface area contributed by atoms with E-state index in [0.717, 1.165) is 29.6 Å². The lowest BCUT2D eigenvalue weighted by molar-refractivity contribution is -0.121. The standard InChI is InChI=1S/C14H19FN2O5S/c1-4-16-13(18)9-17(5-2)23(20,21)12-8-10(15)6-7-11(12)14(19)22-3/h6-8H,4-5,9H2,1-3H3,(H,16,18). The van der Waals surface area contributed by atoms with Crippen LogP contribution in [0.3, 0.4) is 0 Å². The first-order valence-corrected chi connectivity index (χ1v) is 8.36. The van der Waals surface area contributed by atoms with E-state index in [1.54, 1.807) is 6.92 Å². The number of hydrogen-bond donors (Lipinski definition) is 1. The van der Waals surface area contributed by atoms with Crippen molar-refractivity contribution in [3.63, 3.8) is 0 Å². The molecule has 0 spiro atoms. The number of esters is 1. The number of hydrogen-bond acceptors (Lipinski definition) is 5. The van der Waals surface area contributed by atoms with E-state index in [0.29, 0.717) is 6.54 Å². The molecular weight excluding hydrogens is 327 g/mol. The van der Waals surface area contributed by atoms with Crippen molar-refractivity contribution >= 4 is 21.9 Å². The molecule has 0 fully saturated rings. The predicted octanol–water partition coefficient (Wildman–Crippen LogP) is 0.759. The van der Waals surface area contributed by atoms with Gasteiger partial charge in [-0.15, -0.1) is 0 Å². The third-order valence-corrected chi connectivity index (χ3v) is 4.97. The minimum Gasteiger partial charge on any atom is -0.465 e. The molecule has 0 aliphatic rings. The van der Waals surface area contributed by atoms with Crippen LogP contribution in [0.4, 0.5) is 4.39 Å². The minimum atomic E-state index is -4.24. The molecule has 0 saturated carbocycles. The normalized spacial score (nSPS) is 11.3. The van der Waals surface area contributed by atoms with Crippen molar-refractivity contribution in [2.45, 2.75) is 18.7 Å². The Kier molecular flexibility index (Phi) is 6.64. The fourth-order valence-electron chi connectivity index (χ4n) is 1.91. The van der Waals surface area contributed by atoms with E-state index < -0.39 is 39.2 Å². The van der Waals surface area contributed by atoms with Gasteiger partial charge < -0.3 is 10.1 Å². The van der Waals surface area contributed by atoms with Crippen molar-refractivity contribution in [2.24, 2.45) is 0 Å². The number of methoxy groups -OCH3 is 1. The van der Waals surface area contributed by atoms with Crippen LogP contribution < -0.4 is 5.32 Å². The quantitative estimate of drug-likeness (QED) is 0.736. The first-order chi connectivity index (χ1) is 10.8. The number of likely N-dealkylation sites (N-methyl/N-ethyl adjacent to an activating group) is 2. The van der Waals surface area contributed by atoms with Gasteiger partial charge in [-0.2, -0.15) is 4.31 Å². The first-order valence-electron chi connectivity index (χ1n) is 6.92. The van der Waals surface area contributed by atoms with Crippen molar-refractivity contribution in [1.82, 2.24) is 9.62 Å². The summed E-state index contributed by atoms with van der Waals surface area (Å²) in [6.45, 7) is 3.14. The molecule has 0 heterocycles. The molecule has 23 heavy (non-hydrogen) atoms. The van der Waals surface area contributed by atoms with Crippen LogP contribution in [0.15, 0.2) is 23.1 Å². The molecular formula is C14H19FN2O5S. The van der Waals surface area contributed by atoms with Gasteiger partial charge in [0.15, 0.2) is 0 Å².